The number of methoxy groups -OCH3 is 2. The molecule has 0 aromatic heterocycles. The Balaban J connectivity index is 1.60. The third-order valence-corrected chi connectivity index (χ3v) is 7.08. The predicted octanol–water partition coefficient (Wildman–Crippen LogP) is 5.94. The molecule has 1 aliphatic rings. The van der Waals surface area contributed by atoms with Crippen molar-refractivity contribution in [2.75, 3.05) is 14.2 Å². The fourth-order valence-corrected chi connectivity index (χ4v) is 4.78. The van der Waals surface area contributed by atoms with E-state index in [1.54, 1.807) is 19.2 Å². The summed E-state index contributed by atoms with van der Waals surface area (Å²) in [6.07, 6.45) is 9.36. The fraction of sp³-hybridized carbons (Fsp3) is 0.206. The lowest BCUT2D eigenvalue weighted by molar-refractivity contribution is -0.145. The fourth-order valence-electron chi connectivity index (χ4n) is 4.78. The molecular formula is C34H35N3O4. The second-order valence-electron chi connectivity index (χ2n) is 9.81. The number of rotatable bonds is 11. The van der Waals surface area contributed by atoms with E-state index < -0.39 is 17.9 Å². The van der Waals surface area contributed by atoms with Gasteiger partial charge < -0.3 is 20.5 Å². The van der Waals surface area contributed by atoms with E-state index in [0.717, 1.165) is 40.0 Å². The quantitative estimate of drug-likeness (QED) is 0.156. The number of allylic oxidation sites excluding steroid dienone is 3. The molecule has 3 aromatic carbocycles. The number of esters is 1. The summed E-state index contributed by atoms with van der Waals surface area (Å²) in [5.41, 5.74) is 10.7. The molecule has 0 radical (unpaired) electrons. The molecule has 3 aromatic rings. The lowest BCUT2D eigenvalue weighted by Crippen LogP contribution is -2.42. The van der Waals surface area contributed by atoms with Gasteiger partial charge in [0.15, 0.2) is 0 Å². The van der Waals surface area contributed by atoms with E-state index in [1.807, 2.05) is 91.0 Å². The highest BCUT2D eigenvalue weighted by Crippen LogP contribution is 2.27. The summed E-state index contributed by atoms with van der Waals surface area (Å²) in [6, 6.07) is 24.1. The van der Waals surface area contributed by atoms with E-state index in [9.17, 15) is 9.59 Å². The molecule has 2 atom stereocenters. The van der Waals surface area contributed by atoms with Crippen LogP contribution in [-0.4, -0.2) is 38.0 Å². The van der Waals surface area contributed by atoms with Crippen LogP contribution in [0.5, 0.6) is 5.75 Å². The summed E-state index contributed by atoms with van der Waals surface area (Å²) < 4.78 is 10.4. The monoisotopic (exact) mass is 549 g/mol. The van der Waals surface area contributed by atoms with Crippen LogP contribution in [0.1, 0.15) is 35.2 Å². The van der Waals surface area contributed by atoms with Crippen LogP contribution >= 0.6 is 0 Å². The first-order valence-corrected chi connectivity index (χ1v) is 13.5. The third-order valence-electron chi connectivity index (χ3n) is 7.08. The predicted molar refractivity (Wildman–Crippen MR) is 163 cm³/mol. The molecule has 4 rings (SSSR count). The number of nitrogens with one attached hydrogen (secondary N) is 2. The van der Waals surface area contributed by atoms with Crippen molar-refractivity contribution in [2.45, 2.75) is 25.3 Å². The Hall–Kier alpha value is -4.91. The zero-order valence-electron chi connectivity index (χ0n) is 23.3. The highest BCUT2D eigenvalue weighted by Gasteiger charge is 2.30. The van der Waals surface area contributed by atoms with Gasteiger partial charge in [-0.2, -0.15) is 0 Å². The van der Waals surface area contributed by atoms with Gasteiger partial charge in [-0.1, -0.05) is 84.5 Å². The normalized spacial score (nSPS) is 14.4. The Morgan fingerprint density at radius 2 is 1.63 bits per heavy atom. The van der Waals surface area contributed by atoms with Gasteiger partial charge in [-0.15, -0.1) is 0 Å². The maximum atomic E-state index is 13.5. The number of amidine groups is 1. The molecule has 0 saturated carbocycles. The number of benzene rings is 3. The minimum Gasteiger partial charge on any atom is -0.497 e. The van der Waals surface area contributed by atoms with Gasteiger partial charge in [0.05, 0.1) is 26.2 Å². The summed E-state index contributed by atoms with van der Waals surface area (Å²) in [6.45, 7) is 0. The second-order valence-corrected chi connectivity index (χ2v) is 9.81. The van der Waals surface area contributed by atoms with Crippen LogP contribution in [0.2, 0.25) is 0 Å². The minimum atomic E-state index is -0.698. The summed E-state index contributed by atoms with van der Waals surface area (Å²) in [5.74, 6) is -0.641. The Kier molecular flexibility index (Phi) is 9.89. The number of hydrogen-bond acceptors (Lipinski definition) is 5. The van der Waals surface area contributed by atoms with Crippen LogP contribution in [0, 0.1) is 11.3 Å². The first kappa shape index (κ1) is 29.1. The van der Waals surface area contributed by atoms with Crippen molar-refractivity contribution in [3.63, 3.8) is 0 Å². The summed E-state index contributed by atoms with van der Waals surface area (Å²) in [4.78, 5) is 26.5. The van der Waals surface area contributed by atoms with Crippen LogP contribution in [0.25, 0.3) is 17.2 Å². The van der Waals surface area contributed by atoms with Gasteiger partial charge in [0.1, 0.15) is 11.6 Å². The van der Waals surface area contributed by atoms with E-state index in [0.29, 0.717) is 18.4 Å². The van der Waals surface area contributed by atoms with Crippen molar-refractivity contribution in [1.82, 2.24) is 5.32 Å². The molecule has 210 valence electrons. The standard InChI is InChI=1S/C34H35N3O4/c1-40-29-18-16-26(17-19-29)25-12-14-27(15-13-25)33(38)37-31(20-11-23-7-4-3-5-8-23)30(34(39)41-2)22-24-9-6-10-28(21-24)32(35)36/h3-5,7-9,11-21,30-31H,6,10,22H2,1-2H3,(H3,35,36)(H,37,38)/b20-11+. The van der Waals surface area contributed by atoms with Crippen molar-refractivity contribution in [2.24, 2.45) is 11.7 Å². The highest BCUT2D eigenvalue weighted by atomic mass is 16.5. The Morgan fingerprint density at radius 1 is 0.976 bits per heavy atom. The van der Waals surface area contributed by atoms with Crippen LogP contribution in [-0.2, 0) is 9.53 Å². The van der Waals surface area contributed by atoms with Gasteiger partial charge in [0.2, 0.25) is 0 Å². The number of nitrogens with two attached hydrogens (primary N) is 1. The molecule has 0 heterocycles. The molecule has 1 aliphatic carbocycles. The first-order valence-electron chi connectivity index (χ1n) is 13.5. The number of carbonyl (C=O) groups is 2. The topological polar surface area (TPSA) is 115 Å². The van der Waals surface area contributed by atoms with Crippen LogP contribution in [0.4, 0.5) is 0 Å². The summed E-state index contributed by atoms with van der Waals surface area (Å²) in [5, 5.41) is 10.9. The number of hydrogen-bond donors (Lipinski definition) is 3. The molecule has 0 aliphatic heterocycles. The van der Waals surface area contributed by atoms with Crippen molar-refractivity contribution < 1.29 is 19.1 Å². The first-order chi connectivity index (χ1) is 19.9. The molecule has 2 unspecified atom stereocenters. The van der Waals surface area contributed by atoms with Gasteiger partial charge in [-0.05, 0) is 65.8 Å². The SMILES string of the molecule is COC(=O)C(CC1=CCCC(C(=N)N)=C1)C(/C=C/c1ccccc1)NC(=O)c1ccc(-c2ccc(OC)cc2)cc1. The van der Waals surface area contributed by atoms with Crippen molar-refractivity contribution >= 4 is 23.8 Å². The van der Waals surface area contributed by atoms with Crippen molar-refractivity contribution in [1.29, 1.82) is 5.41 Å². The summed E-state index contributed by atoms with van der Waals surface area (Å²) >= 11 is 0. The maximum absolute atomic E-state index is 13.5. The van der Waals surface area contributed by atoms with Crippen LogP contribution < -0.4 is 15.8 Å². The van der Waals surface area contributed by atoms with Crippen LogP contribution in [0.3, 0.4) is 0 Å². The number of ether oxygens (including phenoxy) is 2. The van der Waals surface area contributed by atoms with Gasteiger partial charge in [0.25, 0.3) is 5.91 Å². The number of carbonyl (C=O) groups excluding carboxylic acids is 2. The molecule has 7 nitrogen and oxygen atoms in total. The van der Waals surface area contributed by atoms with Gasteiger partial charge in [0, 0.05) is 5.56 Å². The Bertz CT molecular complexity index is 1460. The molecule has 1 amide bonds. The van der Waals surface area contributed by atoms with E-state index >= 15 is 0 Å². The zero-order valence-corrected chi connectivity index (χ0v) is 23.3. The largest absolute Gasteiger partial charge is 0.497 e. The van der Waals surface area contributed by atoms with Crippen LogP contribution in [0.15, 0.2) is 108 Å². The van der Waals surface area contributed by atoms with E-state index in [1.165, 1.54) is 7.11 Å². The average Bonchev–Trinajstić information content (AvgIpc) is 3.02. The lowest BCUT2D eigenvalue weighted by Gasteiger charge is -2.25. The summed E-state index contributed by atoms with van der Waals surface area (Å²) in [7, 11) is 2.97. The second kappa shape index (κ2) is 13.9. The molecule has 0 spiro atoms. The maximum Gasteiger partial charge on any atom is 0.311 e. The van der Waals surface area contributed by atoms with Crippen molar-refractivity contribution in [3.8, 4) is 16.9 Å². The Morgan fingerprint density at radius 3 is 2.24 bits per heavy atom. The smallest absolute Gasteiger partial charge is 0.311 e. The minimum absolute atomic E-state index is 0.0251. The van der Waals surface area contributed by atoms with Gasteiger partial charge in [-0.3, -0.25) is 15.0 Å². The Labute approximate surface area is 240 Å². The van der Waals surface area contributed by atoms with E-state index in [2.05, 4.69) is 5.32 Å². The van der Waals surface area contributed by atoms with E-state index in [4.69, 9.17) is 20.6 Å². The molecule has 0 bridgehead atoms. The van der Waals surface area contributed by atoms with E-state index in [-0.39, 0.29) is 11.7 Å². The lowest BCUT2D eigenvalue weighted by atomic mass is 9.87. The highest BCUT2D eigenvalue weighted by molar-refractivity contribution is 5.96. The number of amides is 1. The molecular weight excluding hydrogens is 514 g/mol. The average molecular weight is 550 g/mol. The molecule has 41 heavy (non-hydrogen) atoms. The van der Waals surface area contributed by atoms with Crippen molar-refractivity contribution in [3.05, 3.63) is 119 Å². The third kappa shape index (κ3) is 7.82. The zero-order chi connectivity index (χ0) is 29.2. The molecule has 4 N–H and O–H groups in total. The van der Waals surface area contributed by atoms with Gasteiger partial charge in [-0.25, -0.2) is 0 Å². The molecule has 0 fully saturated rings. The molecule has 7 heteroatoms. The molecule has 0 saturated heterocycles. The van der Waals surface area contributed by atoms with Gasteiger partial charge >= 0.3 is 5.97 Å².